The molecule has 1 N–H and O–H groups in total. The summed E-state index contributed by atoms with van der Waals surface area (Å²) in [6.07, 6.45) is 1.53. The molecule has 1 aliphatic heterocycles. The second-order valence-corrected chi connectivity index (χ2v) is 9.03. The molecule has 1 aliphatic rings. The maximum atomic E-state index is 13.7. The molecule has 0 saturated carbocycles. The zero-order valence-corrected chi connectivity index (χ0v) is 22.3. The van der Waals surface area contributed by atoms with Gasteiger partial charge in [-0.3, -0.25) is 14.4 Å². The number of amides is 2. The smallest absolute Gasteiger partial charge is 0.325 e. The second kappa shape index (κ2) is 13.6. The molecule has 1 aromatic heterocycles. The van der Waals surface area contributed by atoms with Crippen LogP contribution in [0.15, 0.2) is 48.5 Å². The lowest BCUT2D eigenvalue weighted by molar-refractivity contribution is -0.153. The predicted molar refractivity (Wildman–Crippen MR) is 139 cm³/mol. The number of rotatable bonds is 12. The number of hydrogen-bond donors (Lipinski definition) is 1. The average molecular weight is 555 g/mol. The largest absolute Gasteiger partial charge is 0.497 e. The molecule has 2 atom stereocenters. The van der Waals surface area contributed by atoms with Crippen LogP contribution < -0.4 is 10.1 Å². The number of nitrogens with one attached hydrogen (secondary N) is 1. The fourth-order valence-electron chi connectivity index (χ4n) is 4.28. The molecular weight excluding hydrogens is 523 g/mol. The summed E-state index contributed by atoms with van der Waals surface area (Å²) in [7, 11) is 1.55. The normalized spacial score (nSPS) is 15.3. The third-order valence-electron chi connectivity index (χ3n) is 6.28. The third kappa shape index (κ3) is 7.38. The van der Waals surface area contributed by atoms with E-state index in [1.165, 1.54) is 24.3 Å². The Bertz CT molecular complexity index is 1290. The van der Waals surface area contributed by atoms with Gasteiger partial charge < -0.3 is 24.4 Å². The minimum atomic E-state index is -1.26. The van der Waals surface area contributed by atoms with Crippen molar-refractivity contribution in [2.45, 2.75) is 38.5 Å². The van der Waals surface area contributed by atoms with Gasteiger partial charge in [0.1, 0.15) is 30.7 Å². The molecule has 0 unspecified atom stereocenters. The van der Waals surface area contributed by atoms with Crippen molar-refractivity contribution in [3.05, 3.63) is 59.9 Å². The standard InChI is InChI=1S/C27H31FN6O6/c1-3-39-24(36)17-33(23(35)16-34-31-26(30-32-34)19-8-12-21(38-2)13-9-19)25(18-6-10-20(28)11-7-18)27(37)29-15-22-5-4-14-40-22/h6-13,22,25H,3-5,14-17H2,1-2H3,(H,29,37)/t22-,25-/m1/s1. The molecule has 2 aromatic carbocycles. The van der Waals surface area contributed by atoms with Gasteiger partial charge in [-0.25, -0.2) is 4.39 Å². The molecule has 2 amide bonds. The van der Waals surface area contributed by atoms with Crippen LogP contribution in [0.1, 0.15) is 31.4 Å². The Kier molecular flexibility index (Phi) is 9.73. The van der Waals surface area contributed by atoms with Gasteiger partial charge in [-0.1, -0.05) is 12.1 Å². The van der Waals surface area contributed by atoms with E-state index in [0.29, 0.717) is 23.5 Å². The Morgan fingerprint density at radius 3 is 2.58 bits per heavy atom. The molecule has 0 spiro atoms. The van der Waals surface area contributed by atoms with E-state index >= 15 is 0 Å². The number of carbonyl (C=O) groups is 3. The number of esters is 1. The number of carbonyl (C=O) groups excluding carboxylic acids is 3. The zero-order chi connectivity index (χ0) is 28.5. The van der Waals surface area contributed by atoms with Crippen LogP contribution in [-0.4, -0.2) is 82.4 Å². The van der Waals surface area contributed by atoms with Crippen molar-refractivity contribution in [1.29, 1.82) is 0 Å². The maximum absolute atomic E-state index is 13.7. The molecule has 1 saturated heterocycles. The molecular formula is C27H31FN6O6. The zero-order valence-electron chi connectivity index (χ0n) is 22.3. The van der Waals surface area contributed by atoms with E-state index in [0.717, 1.165) is 22.5 Å². The first-order valence-corrected chi connectivity index (χ1v) is 12.9. The van der Waals surface area contributed by atoms with E-state index in [2.05, 4.69) is 20.7 Å². The van der Waals surface area contributed by atoms with Crippen LogP contribution in [0.5, 0.6) is 5.75 Å². The highest BCUT2D eigenvalue weighted by atomic mass is 19.1. The molecule has 212 valence electrons. The highest BCUT2D eigenvalue weighted by molar-refractivity contribution is 5.90. The van der Waals surface area contributed by atoms with Gasteiger partial charge in [0.15, 0.2) is 0 Å². The Morgan fingerprint density at radius 2 is 1.93 bits per heavy atom. The number of tetrazole rings is 1. The van der Waals surface area contributed by atoms with Gasteiger partial charge in [-0.05, 0) is 66.9 Å². The number of hydrogen-bond acceptors (Lipinski definition) is 9. The predicted octanol–water partition coefficient (Wildman–Crippen LogP) is 1.92. The molecule has 0 radical (unpaired) electrons. The van der Waals surface area contributed by atoms with E-state index in [-0.39, 0.29) is 25.1 Å². The molecule has 13 heteroatoms. The van der Waals surface area contributed by atoms with Crippen molar-refractivity contribution >= 4 is 17.8 Å². The highest BCUT2D eigenvalue weighted by Crippen LogP contribution is 2.24. The van der Waals surface area contributed by atoms with E-state index in [1.807, 2.05) is 0 Å². The lowest BCUT2D eigenvalue weighted by Crippen LogP contribution is -2.48. The molecule has 3 aromatic rings. The summed E-state index contributed by atoms with van der Waals surface area (Å²) in [5, 5.41) is 15.1. The van der Waals surface area contributed by atoms with Crippen LogP contribution in [0.3, 0.4) is 0 Å². The van der Waals surface area contributed by atoms with Crippen LogP contribution in [0.25, 0.3) is 11.4 Å². The summed E-state index contributed by atoms with van der Waals surface area (Å²) in [5.41, 5.74) is 0.968. The maximum Gasteiger partial charge on any atom is 0.325 e. The first kappa shape index (κ1) is 28.6. The Labute approximate surface area is 230 Å². The van der Waals surface area contributed by atoms with Crippen molar-refractivity contribution in [2.75, 3.05) is 33.4 Å². The van der Waals surface area contributed by atoms with Crippen LogP contribution in [0.4, 0.5) is 4.39 Å². The Hall–Kier alpha value is -4.39. The molecule has 0 aliphatic carbocycles. The minimum absolute atomic E-state index is 0.0865. The van der Waals surface area contributed by atoms with Crippen molar-refractivity contribution < 1.29 is 33.0 Å². The van der Waals surface area contributed by atoms with Gasteiger partial charge >= 0.3 is 5.97 Å². The summed E-state index contributed by atoms with van der Waals surface area (Å²) in [5.74, 6) is -1.48. The molecule has 2 heterocycles. The first-order valence-electron chi connectivity index (χ1n) is 12.9. The summed E-state index contributed by atoms with van der Waals surface area (Å²) in [6.45, 7) is 1.62. The van der Waals surface area contributed by atoms with Crippen LogP contribution in [0, 0.1) is 5.82 Å². The number of nitrogens with zero attached hydrogens (tertiary/aromatic N) is 5. The third-order valence-corrected chi connectivity index (χ3v) is 6.28. The summed E-state index contributed by atoms with van der Waals surface area (Å²) in [4.78, 5) is 41.8. The van der Waals surface area contributed by atoms with Crippen LogP contribution in [0.2, 0.25) is 0 Å². The average Bonchev–Trinajstić information content (AvgIpc) is 3.65. The fourth-order valence-corrected chi connectivity index (χ4v) is 4.28. The van der Waals surface area contributed by atoms with Crippen LogP contribution in [-0.2, 0) is 30.4 Å². The lowest BCUT2D eigenvalue weighted by Gasteiger charge is -2.30. The number of methoxy groups -OCH3 is 1. The van der Waals surface area contributed by atoms with Crippen molar-refractivity contribution in [1.82, 2.24) is 30.4 Å². The number of halogens is 1. The number of ether oxygens (including phenoxy) is 3. The monoisotopic (exact) mass is 554 g/mol. The second-order valence-electron chi connectivity index (χ2n) is 9.03. The van der Waals surface area contributed by atoms with Gasteiger partial charge in [0.2, 0.25) is 17.6 Å². The summed E-state index contributed by atoms with van der Waals surface area (Å²) < 4.78 is 29.6. The van der Waals surface area contributed by atoms with Crippen molar-refractivity contribution in [3.63, 3.8) is 0 Å². The van der Waals surface area contributed by atoms with E-state index < -0.39 is 42.7 Å². The fraction of sp³-hybridized carbons (Fsp3) is 0.407. The number of aromatic nitrogens is 4. The number of benzene rings is 2. The van der Waals surface area contributed by atoms with Gasteiger partial charge in [-0.2, -0.15) is 4.80 Å². The molecule has 1 fully saturated rings. The highest BCUT2D eigenvalue weighted by Gasteiger charge is 2.34. The minimum Gasteiger partial charge on any atom is -0.497 e. The summed E-state index contributed by atoms with van der Waals surface area (Å²) >= 11 is 0. The molecule has 12 nitrogen and oxygen atoms in total. The SMILES string of the molecule is CCOC(=O)CN(C(=O)Cn1nnc(-c2ccc(OC)cc2)n1)[C@@H](C(=O)NC[C@H]1CCCO1)c1ccc(F)cc1. The van der Waals surface area contributed by atoms with E-state index in [1.54, 1.807) is 38.3 Å². The quantitative estimate of drug-likeness (QED) is 0.333. The molecule has 0 bridgehead atoms. The van der Waals surface area contributed by atoms with Crippen molar-refractivity contribution in [2.24, 2.45) is 0 Å². The topological polar surface area (TPSA) is 138 Å². The van der Waals surface area contributed by atoms with Gasteiger partial charge in [0.05, 0.1) is 19.8 Å². The Balaban J connectivity index is 1.59. The lowest BCUT2D eigenvalue weighted by atomic mass is 10.0. The van der Waals surface area contributed by atoms with Crippen molar-refractivity contribution in [3.8, 4) is 17.1 Å². The van der Waals surface area contributed by atoms with E-state index in [9.17, 15) is 18.8 Å². The van der Waals surface area contributed by atoms with Gasteiger partial charge in [0, 0.05) is 18.7 Å². The van der Waals surface area contributed by atoms with Crippen LogP contribution >= 0.6 is 0 Å². The summed E-state index contributed by atoms with van der Waals surface area (Å²) in [6, 6.07) is 10.9. The van der Waals surface area contributed by atoms with E-state index in [4.69, 9.17) is 14.2 Å². The molecule has 4 rings (SSSR count). The van der Waals surface area contributed by atoms with Gasteiger partial charge in [-0.15, -0.1) is 10.2 Å². The first-order chi connectivity index (χ1) is 19.4. The van der Waals surface area contributed by atoms with Gasteiger partial charge in [0.25, 0.3) is 0 Å². The molecule has 40 heavy (non-hydrogen) atoms. The Morgan fingerprint density at radius 1 is 1.18 bits per heavy atom.